The molecule has 18 heavy (non-hydrogen) atoms. The van der Waals surface area contributed by atoms with Crippen LogP contribution in [0.2, 0.25) is 0 Å². The van der Waals surface area contributed by atoms with Crippen molar-refractivity contribution >= 4 is 11.6 Å². The van der Waals surface area contributed by atoms with E-state index in [0.717, 1.165) is 0 Å². The fraction of sp³-hybridized carbons (Fsp3) is 0.545. The third kappa shape index (κ3) is 2.35. The maximum atomic E-state index is 9.94. The lowest BCUT2D eigenvalue weighted by Crippen LogP contribution is -2.39. The highest BCUT2D eigenvalue weighted by molar-refractivity contribution is 5.47. The molecule has 0 bridgehead atoms. The molecule has 7 heteroatoms. The van der Waals surface area contributed by atoms with Gasteiger partial charge in [0, 0.05) is 6.07 Å². The van der Waals surface area contributed by atoms with Gasteiger partial charge in [0.05, 0.1) is 18.8 Å². The van der Waals surface area contributed by atoms with E-state index in [0.29, 0.717) is 17.5 Å². The third-order valence-electron chi connectivity index (χ3n) is 2.86. The van der Waals surface area contributed by atoms with Gasteiger partial charge in [0.1, 0.15) is 12.1 Å². The van der Waals surface area contributed by atoms with Crippen molar-refractivity contribution in [3.05, 3.63) is 12.4 Å². The number of aromatic nitrogens is 4. The lowest BCUT2D eigenvalue weighted by atomic mass is 10.0. The number of anilines is 1. The molecule has 7 nitrogen and oxygen atoms in total. The molecular weight excluding hydrogens is 234 g/mol. The molecule has 0 aromatic carbocycles. The van der Waals surface area contributed by atoms with Gasteiger partial charge in [-0.25, -0.2) is 0 Å². The van der Waals surface area contributed by atoms with E-state index in [2.05, 4.69) is 20.4 Å². The molecule has 2 heterocycles. The van der Waals surface area contributed by atoms with Crippen molar-refractivity contribution in [3.63, 3.8) is 0 Å². The fourth-order valence-corrected chi connectivity index (χ4v) is 1.40. The van der Waals surface area contributed by atoms with E-state index in [-0.39, 0.29) is 6.04 Å². The van der Waals surface area contributed by atoms with E-state index in [1.165, 1.54) is 6.33 Å². The summed E-state index contributed by atoms with van der Waals surface area (Å²) in [5.41, 5.74) is -0.858. The number of ether oxygens (including phenoxy) is 1. The van der Waals surface area contributed by atoms with Gasteiger partial charge in [-0.3, -0.25) is 0 Å². The van der Waals surface area contributed by atoms with Crippen molar-refractivity contribution in [2.45, 2.75) is 32.4 Å². The highest BCUT2D eigenvalue weighted by atomic mass is 16.5. The first-order chi connectivity index (χ1) is 8.41. The molecule has 0 fully saturated rings. The van der Waals surface area contributed by atoms with Crippen molar-refractivity contribution in [2.75, 3.05) is 12.4 Å². The standard InChI is InChI=1S/C11H17N5O2/c1-7(11(2,3)17)14-8-5-9(18-4)15-10-12-6-13-16(8)10/h5-7,14,17H,1-4H3/t7-/m1/s1. The van der Waals surface area contributed by atoms with E-state index >= 15 is 0 Å². The zero-order valence-electron chi connectivity index (χ0n) is 10.9. The molecule has 0 aliphatic heterocycles. The molecule has 2 aromatic heterocycles. The first-order valence-corrected chi connectivity index (χ1v) is 5.65. The fourth-order valence-electron chi connectivity index (χ4n) is 1.40. The molecule has 98 valence electrons. The molecule has 0 saturated carbocycles. The molecule has 2 N–H and O–H groups in total. The summed E-state index contributed by atoms with van der Waals surface area (Å²) < 4.78 is 6.67. The molecule has 2 aromatic rings. The van der Waals surface area contributed by atoms with Crippen molar-refractivity contribution < 1.29 is 9.84 Å². The zero-order valence-corrected chi connectivity index (χ0v) is 10.9. The van der Waals surface area contributed by atoms with Crippen LogP contribution in [0, 0.1) is 0 Å². The minimum atomic E-state index is -0.858. The summed E-state index contributed by atoms with van der Waals surface area (Å²) in [7, 11) is 1.54. The Morgan fingerprint density at radius 1 is 1.50 bits per heavy atom. The van der Waals surface area contributed by atoms with Crippen LogP contribution in [0.1, 0.15) is 20.8 Å². The summed E-state index contributed by atoms with van der Waals surface area (Å²) in [6.07, 6.45) is 1.42. The topological polar surface area (TPSA) is 84.6 Å². The van der Waals surface area contributed by atoms with E-state index in [1.807, 2.05) is 6.92 Å². The van der Waals surface area contributed by atoms with Crippen LogP contribution in [-0.2, 0) is 0 Å². The molecule has 1 atom stereocenters. The first-order valence-electron chi connectivity index (χ1n) is 5.65. The van der Waals surface area contributed by atoms with E-state index in [9.17, 15) is 5.11 Å². The van der Waals surface area contributed by atoms with Crippen molar-refractivity contribution in [2.24, 2.45) is 0 Å². The summed E-state index contributed by atoms with van der Waals surface area (Å²) in [6, 6.07) is 1.54. The average molecular weight is 251 g/mol. The van der Waals surface area contributed by atoms with Gasteiger partial charge in [0.25, 0.3) is 5.78 Å². The predicted molar refractivity (Wildman–Crippen MR) is 66.7 cm³/mol. The third-order valence-corrected chi connectivity index (χ3v) is 2.86. The molecule has 0 saturated heterocycles. The summed E-state index contributed by atoms with van der Waals surface area (Å²) in [5.74, 6) is 1.56. The number of rotatable bonds is 4. The van der Waals surface area contributed by atoms with Gasteiger partial charge in [0.15, 0.2) is 0 Å². The normalized spacial score (nSPS) is 13.6. The van der Waals surface area contributed by atoms with Crippen LogP contribution >= 0.6 is 0 Å². The highest BCUT2D eigenvalue weighted by Crippen LogP contribution is 2.19. The number of hydrogen-bond acceptors (Lipinski definition) is 6. The molecule has 0 radical (unpaired) electrons. The predicted octanol–water partition coefficient (Wildman–Crippen LogP) is 0.704. The van der Waals surface area contributed by atoms with Gasteiger partial charge in [-0.1, -0.05) is 0 Å². The summed E-state index contributed by atoms with van der Waals surface area (Å²) >= 11 is 0. The summed E-state index contributed by atoms with van der Waals surface area (Å²) in [6.45, 7) is 5.36. The zero-order chi connectivity index (χ0) is 13.3. The minimum absolute atomic E-state index is 0.169. The Kier molecular flexibility index (Phi) is 3.08. The molecule has 0 spiro atoms. The average Bonchev–Trinajstić information content (AvgIpc) is 2.75. The lowest BCUT2D eigenvalue weighted by molar-refractivity contribution is 0.0647. The van der Waals surface area contributed by atoms with Crippen LogP contribution in [0.5, 0.6) is 5.88 Å². The van der Waals surface area contributed by atoms with Crippen LogP contribution in [-0.4, -0.2) is 43.4 Å². The summed E-state index contributed by atoms with van der Waals surface area (Å²) in [5, 5.41) is 17.2. The van der Waals surface area contributed by atoms with Crippen molar-refractivity contribution in [1.29, 1.82) is 0 Å². The Morgan fingerprint density at radius 2 is 2.22 bits per heavy atom. The van der Waals surface area contributed by atoms with Crippen LogP contribution in [0.3, 0.4) is 0 Å². The summed E-state index contributed by atoms with van der Waals surface area (Å²) in [4.78, 5) is 8.16. The van der Waals surface area contributed by atoms with Crippen LogP contribution in [0.4, 0.5) is 5.82 Å². The number of fused-ring (bicyclic) bond motifs is 1. The maximum absolute atomic E-state index is 9.94. The van der Waals surface area contributed by atoms with Gasteiger partial charge in [-0.2, -0.15) is 19.6 Å². The van der Waals surface area contributed by atoms with Gasteiger partial charge in [0.2, 0.25) is 5.88 Å². The smallest absolute Gasteiger partial charge is 0.257 e. The molecule has 2 rings (SSSR count). The Bertz CT molecular complexity index is 546. The second-order valence-electron chi connectivity index (χ2n) is 4.68. The van der Waals surface area contributed by atoms with Gasteiger partial charge < -0.3 is 15.2 Å². The largest absolute Gasteiger partial charge is 0.481 e. The van der Waals surface area contributed by atoms with Crippen molar-refractivity contribution in [3.8, 4) is 5.88 Å². The number of methoxy groups -OCH3 is 1. The van der Waals surface area contributed by atoms with E-state index < -0.39 is 5.60 Å². The molecule has 0 aliphatic carbocycles. The Balaban J connectivity index is 2.40. The van der Waals surface area contributed by atoms with E-state index in [1.54, 1.807) is 31.5 Å². The highest BCUT2D eigenvalue weighted by Gasteiger charge is 2.23. The SMILES string of the molecule is COc1cc(N[C@H](C)C(C)(C)O)n2ncnc2n1. The van der Waals surface area contributed by atoms with Gasteiger partial charge in [-0.05, 0) is 20.8 Å². The molecule has 0 amide bonds. The lowest BCUT2D eigenvalue weighted by Gasteiger charge is -2.27. The first kappa shape index (κ1) is 12.6. The Labute approximate surface area is 105 Å². The second kappa shape index (κ2) is 4.41. The number of aliphatic hydroxyl groups is 1. The molecular formula is C11H17N5O2. The monoisotopic (exact) mass is 251 g/mol. The number of hydrogen-bond donors (Lipinski definition) is 2. The van der Waals surface area contributed by atoms with E-state index in [4.69, 9.17) is 4.74 Å². The Morgan fingerprint density at radius 3 is 2.83 bits per heavy atom. The minimum Gasteiger partial charge on any atom is -0.481 e. The van der Waals surface area contributed by atoms with Crippen molar-refractivity contribution in [1.82, 2.24) is 19.6 Å². The Hall–Kier alpha value is -1.89. The maximum Gasteiger partial charge on any atom is 0.257 e. The number of nitrogens with zero attached hydrogens (tertiary/aromatic N) is 4. The quantitative estimate of drug-likeness (QED) is 0.832. The van der Waals surface area contributed by atoms with Gasteiger partial charge >= 0.3 is 0 Å². The van der Waals surface area contributed by atoms with Crippen LogP contribution in [0.25, 0.3) is 5.78 Å². The van der Waals surface area contributed by atoms with Crippen LogP contribution < -0.4 is 10.1 Å². The second-order valence-corrected chi connectivity index (χ2v) is 4.68. The number of nitrogens with one attached hydrogen (secondary N) is 1. The van der Waals surface area contributed by atoms with Gasteiger partial charge in [-0.15, -0.1) is 0 Å². The molecule has 0 aliphatic rings. The molecule has 0 unspecified atom stereocenters. The van der Waals surface area contributed by atoms with Crippen LogP contribution in [0.15, 0.2) is 12.4 Å².